The van der Waals surface area contributed by atoms with Crippen LogP contribution in [0, 0.1) is 17.5 Å². The van der Waals surface area contributed by atoms with Crippen LogP contribution in [-0.4, -0.2) is 12.0 Å². The lowest BCUT2D eigenvalue weighted by Crippen LogP contribution is -2.03. The maximum atomic E-state index is 13.7. The van der Waals surface area contributed by atoms with Crippen LogP contribution in [0.3, 0.4) is 0 Å². The van der Waals surface area contributed by atoms with E-state index in [1.54, 1.807) is 7.05 Å². The molecule has 0 saturated carbocycles. The number of benzene rings is 1. The standard InChI is InChI=1S/C13H13F3N2/c1-6(2)7-4-8-10(18-13(7)17-3)5-9(14)12(16)11(8)15/h4-6H,1-3H3,(H,17,18). The molecule has 1 N–H and O–H groups in total. The summed E-state index contributed by atoms with van der Waals surface area (Å²) in [4.78, 5) is 4.12. The van der Waals surface area contributed by atoms with Gasteiger partial charge in [-0.2, -0.15) is 0 Å². The molecule has 0 saturated heterocycles. The molecule has 5 heteroatoms. The van der Waals surface area contributed by atoms with Crippen molar-refractivity contribution in [2.24, 2.45) is 0 Å². The fraction of sp³-hybridized carbons (Fsp3) is 0.308. The highest BCUT2D eigenvalue weighted by Gasteiger charge is 2.17. The Hall–Kier alpha value is -1.78. The average molecular weight is 254 g/mol. The second-order valence-corrected chi connectivity index (χ2v) is 4.38. The van der Waals surface area contributed by atoms with E-state index in [1.807, 2.05) is 13.8 Å². The van der Waals surface area contributed by atoms with Crippen LogP contribution in [0.1, 0.15) is 25.3 Å². The number of nitrogens with zero attached hydrogens (tertiary/aromatic N) is 1. The molecule has 2 rings (SSSR count). The van der Waals surface area contributed by atoms with Crippen molar-refractivity contribution in [2.45, 2.75) is 19.8 Å². The third-order valence-corrected chi connectivity index (χ3v) is 2.84. The molecule has 0 fully saturated rings. The maximum absolute atomic E-state index is 13.7. The lowest BCUT2D eigenvalue weighted by Gasteiger charge is -2.13. The van der Waals surface area contributed by atoms with E-state index >= 15 is 0 Å². The summed E-state index contributed by atoms with van der Waals surface area (Å²) in [6.07, 6.45) is 0. The lowest BCUT2D eigenvalue weighted by atomic mass is 10.0. The summed E-state index contributed by atoms with van der Waals surface area (Å²) in [5.41, 5.74) is 0.857. The Morgan fingerprint density at radius 1 is 1.11 bits per heavy atom. The third kappa shape index (κ3) is 1.89. The first-order chi connectivity index (χ1) is 8.45. The molecule has 0 unspecified atom stereocenters. The molecule has 0 spiro atoms. The van der Waals surface area contributed by atoms with Crippen LogP contribution in [0.25, 0.3) is 10.9 Å². The highest BCUT2D eigenvalue weighted by molar-refractivity contribution is 5.82. The van der Waals surface area contributed by atoms with E-state index in [4.69, 9.17) is 0 Å². The van der Waals surface area contributed by atoms with Crippen molar-refractivity contribution in [1.82, 2.24) is 4.98 Å². The molecule has 18 heavy (non-hydrogen) atoms. The van der Waals surface area contributed by atoms with E-state index in [0.717, 1.165) is 11.6 Å². The van der Waals surface area contributed by atoms with Crippen LogP contribution in [0.15, 0.2) is 12.1 Å². The van der Waals surface area contributed by atoms with Crippen molar-refractivity contribution in [3.63, 3.8) is 0 Å². The first-order valence-electron chi connectivity index (χ1n) is 5.61. The SMILES string of the molecule is CNc1nc2cc(F)c(F)c(F)c2cc1C(C)C. The molecule has 0 atom stereocenters. The number of pyridine rings is 1. The molecule has 96 valence electrons. The van der Waals surface area contributed by atoms with Gasteiger partial charge in [-0.15, -0.1) is 0 Å². The quantitative estimate of drug-likeness (QED) is 0.824. The fourth-order valence-electron chi connectivity index (χ4n) is 1.88. The van der Waals surface area contributed by atoms with Crippen LogP contribution < -0.4 is 5.32 Å². The van der Waals surface area contributed by atoms with Crippen molar-refractivity contribution in [3.8, 4) is 0 Å². The molecule has 1 aromatic heterocycles. The molecular formula is C13H13F3N2. The molecule has 2 nitrogen and oxygen atoms in total. The summed E-state index contributed by atoms with van der Waals surface area (Å²) in [7, 11) is 1.68. The molecule has 0 bridgehead atoms. The number of anilines is 1. The molecule has 0 radical (unpaired) electrons. The number of rotatable bonds is 2. The van der Waals surface area contributed by atoms with Gasteiger partial charge in [-0.05, 0) is 17.5 Å². The van der Waals surface area contributed by atoms with Crippen LogP contribution in [-0.2, 0) is 0 Å². The normalized spacial score (nSPS) is 11.3. The fourth-order valence-corrected chi connectivity index (χ4v) is 1.88. The Labute approximate surface area is 103 Å². The first-order valence-corrected chi connectivity index (χ1v) is 5.61. The zero-order valence-electron chi connectivity index (χ0n) is 10.3. The van der Waals surface area contributed by atoms with Gasteiger partial charge in [-0.25, -0.2) is 18.2 Å². The van der Waals surface area contributed by atoms with E-state index in [9.17, 15) is 13.2 Å². The number of aromatic nitrogens is 1. The highest BCUT2D eigenvalue weighted by Crippen LogP contribution is 2.29. The van der Waals surface area contributed by atoms with Gasteiger partial charge < -0.3 is 5.32 Å². The summed E-state index contributed by atoms with van der Waals surface area (Å²) >= 11 is 0. The highest BCUT2D eigenvalue weighted by atomic mass is 19.2. The summed E-state index contributed by atoms with van der Waals surface area (Å²) in [6, 6.07) is 2.41. The van der Waals surface area contributed by atoms with E-state index in [0.29, 0.717) is 5.82 Å². The van der Waals surface area contributed by atoms with Gasteiger partial charge in [0.2, 0.25) is 0 Å². The number of hydrogen-bond acceptors (Lipinski definition) is 2. The van der Waals surface area contributed by atoms with Crippen molar-refractivity contribution in [1.29, 1.82) is 0 Å². The molecule has 0 amide bonds. The molecule has 1 heterocycles. The van der Waals surface area contributed by atoms with Gasteiger partial charge >= 0.3 is 0 Å². The predicted octanol–water partition coefficient (Wildman–Crippen LogP) is 3.82. The Kier molecular flexibility index (Phi) is 3.15. The Bertz CT molecular complexity index is 609. The van der Waals surface area contributed by atoms with Crippen LogP contribution in [0.4, 0.5) is 19.0 Å². The van der Waals surface area contributed by atoms with Gasteiger partial charge in [-0.3, -0.25) is 0 Å². The van der Waals surface area contributed by atoms with Gasteiger partial charge in [-0.1, -0.05) is 13.8 Å². The van der Waals surface area contributed by atoms with E-state index in [1.165, 1.54) is 6.07 Å². The van der Waals surface area contributed by atoms with Crippen molar-refractivity contribution in [2.75, 3.05) is 12.4 Å². The van der Waals surface area contributed by atoms with Crippen LogP contribution >= 0.6 is 0 Å². The minimum absolute atomic E-state index is 0.00315. The van der Waals surface area contributed by atoms with Gasteiger partial charge in [0.15, 0.2) is 17.5 Å². The van der Waals surface area contributed by atoms with Crippen molar-refractivity contribution in [3.05, 3.63) is 35.1 Å². The van der Waals surface area contributed by atoms with Crippen molar-refractivity contribution >= 4 is 16.7 Å². The number of nitrogens with one attached hydrogen (secondary N) is 1. The molecule has 0 aliphatic carbocycles. The number of hydrogen-bond donors (Lipinski definition) is 1. The van der Waals surface area contributed by atoms with E-state index in [2.05, 4.69) is 10.3 Å². The second-order valence-electron chi connectivity index (χ2n) is 4.38. The lowest BCUT2D eigenvalue weighted by molar-refractivity contribution is 0.453. The Morgan fingerprint density at radius 2 is 1.78 bits per heavy atom. The Morgan fingerprint density at radius 3 is 2.33 bits per heavy atom. The van der Waals surface area contributed by atoms with Crippen LogP contribution in [0.5, 0.6) is 0 Å². The molecule has 1 aromatic carbocycles. The first kappa shape index (κ1) is 12.7. The average Bonchev–Trinajstić information content (AvgIpc) is 2.34. The molecule has 0 aliphatic heterocycles. The van der Waals surface area contributed by atoms with Gasteiger partial charge in [0.05, 0.1) is 5.52 Å². The molecule has 0 aliphatic rings. The molecule has 2 aromatic rings. The minimum Gasteiger partial charge on any atom is -0.373 e. The topological polar surface area (TPSA) is 24.9 Å². The number of fused-ring (bicyclic) bond motifs is 1. The largest absolute Gasteiger partial charge is 0.373 e. The van der Waals surface area contributed by atoms with Crippen molar-refractivity contribution < 1.29 is 13.2 Å². The van der Waals surface area contributed by atoms with Gasteiger partial charge in [0.25, 0.3) is 0 Å². The smallest absolute Gasteiger partial charge is 0.195 e. The summed E-state index contributed by atoms with van der Waals surface area (Å²) in [5, 5.41) is 2.87. The monoisotopic (exact) mass is 254 g/mol. The van der Waals surface area contributed by atoms with E-state index < -0.39 is 17.5 Å². The van der Waals surface area contributed by atoms with E-state index in [-0.39, 0.29) is 16.8 Å². The third-order valence-electron chi connectivity index (χ3n) is 2.84. The minimum atomic E-state index is -1.46. The Balaban J connectivity index is 2.84. The maximum Gasteiger partial charge on any atom is 0.195 e. The predicted molar refractivity (Wildman–Crippen MR) is 65.3 cm³/mol. The summed E-state index contributed by atoms with van der Waals surface area (Å²) in [6.45, 7) is 3.84. The second kappa shape index (κ2) is 4.48. The zero-order chi connectivity index (χ0) is 13.4. The number of halogens is 3. The van der Waals surface area contributed by atoms with Crippen LogP contribution in [0.2, 0.25) is 0 Å². The summed E-state index contributed by atoms with van der Waals surface area (Å²) in [5.74, 6) is -3.25. The van der Waals surface area contributed by atoms with Gasteiger partial charge in [0.1, 0.15) is 5.82 Å². The summed E-state index contributed by atoms with van der Waals surface area (Å²) < 4.78 is 40.0. The zero-order valence-corrected chi connectivity index (χ0v) is 10.3. The molecular weight excluding hydrogens is 241 g/mol. The van der Waals surface area contributed by atoms with Gasteiger partial charge in [0, 0.05) is 18.5 Å².